The summed E-state index contributed by atoms with van der Waals surface area (Å²) in [4.78, 5) is 6.96. The number of piperidine rings is 1. The van der Waals surface area contributed by atoms with Gasteiger partial charge in [-0.15, -0.1) is 0 Å². The number of aliphatic hydroxyl groups is 1. The first kappa shape index (κ1) is 12.1. The Morgan fingerprint density at radius 3 is 3.06 bits per heavy atom. The summed E-state index contributed by atoms with van der Waals surface area (Å²) < 4.78 is 0. The maximum Gasteiger partial charge on any atom is 0.0755 e. The summed E-state index contributed by atoms with van der Waals surface area (Å²) in [6.45, 7) is 5.41. The first-order chi connectivity index (χ1) is 8.69. The molecule has 3 rings (SSSR count). The monoisotopic (exact) mass is 246 g/mol. The lowest BCUT2D eigenvalue weighted by Gasteiger charge is -2.38. The third-order valence-electron chi connectivity index (χ3n) is 4.67. The van der Waals surface area contributed by atoms with E-state index in [9.17, 15) is 5.11 Å². The Morgan fingerprint density at radius 2 is 2.33 bits per heavy atom. The van der Waals surface area contributed by atoms with Crippen molar-refractivity contribution in [3.05, 3.63) is 29.6 Å². The van der Waals surface area contributed by atoms with E-state index in [1.807, 2.05) is 6.20 Å². The zero-order valence-electron chi connectivity index (χ0n) is 11.1. The molecule has 1 N–H and O–H groups in total. The zero-order valence-corrected chi connectivity index (χ0v) is 11.1. The van der Waals surface area contributed by atoms with Crippen molar-refractivity contribution in [2.75, 3.05) is 19.6 Å². The van der Waals surface area contributed by atoms with Crippen LogP contribution in [0.3, 0.4) is 0 Å². The molecule has 3 heterocycles. The second-order valence-electron chi connectivity index (χ2n) is 5.83. The highest BCUT2D eigenvalue weighted by Crippen LogP contribution is 2.37. The third-order valence-corrected chi connectivity index (χ3v) is 4.67. The SMILES string of the molecule is CCc1ccc(CC2(O)CCN3CCC2C3)nc1. The van der Waals surface area contributed by atoms with E-state index in [0.717, 1.165) is 51.0 Å². The van der Waals surface area contributed by atoms with Crippen molar-refractivity contribution in [2.24, 2.45) is 5.92 Å². The van der Waals surface area contributed by atoms with Gasteiger partial charge in [-0.3, -0.25) is 4.98 Å². The molecule has 2 aliphatic heterocycles. The van der Waals surface area contributed by atoms with Crippen LogP contribution in [0, 0.1) is 5.92 Å². The number of fused-ring (bicyclic) bond motifs is 2. The van der Waals surface area contributed by atoms with E-state index in [-0.39, 0.29) is 0 Å². The first-order valence-electron chi connectivity index (χ1n) is 7.08. The molecule has 3 nitrogen and oxygen atoms in total. The van der Waals surface area contributed by atoms with Crippen LogP contribution in [-0.4, -0.2) is 40.2 Å². The number of pyridine rings is 1. The van der Waals surface area contributed by atoms with Gasteiger partial charge in [0.05, 0.1) is 5.60 Å². The summed E-state index contributed by atoms with van der Waals surface area (Å²) in [6, 6.07) is 4.22. The van der Waals surface area contributed by atoms with E-state index >= 15 is 0 Å². The lowest BCUT2D eigenvalue weighted by molar-refractivity contribution is -0.0445. The van der Waals surface area contributed by atoms with E-state index < -0.39 is 5.60 Å². The summed E-state index contributed by atoms with van der Waals surface area (Å²) >= 11 is 0. The van der Waals surface area contributed by atoms with Gasteiger partial charge in [0, 0.05) is 37.3 Å². The molecule has 2 aliphatic rings. The summed E-state index contributed by atoms with van der Waals surface area (Å²) in [5.41, 5.74) is 1.78. The van der Waals surface area contributed by atoms with Crippen LogP contribution in [0.1, 0.15) is 31.0 Å². The fourth-order valence-electron chi connectivity index (χ4n) is 3.35. The van der Waals surface area contributed by atoms with Crippen molar-refractivity contribution in [3.63, 3.8) is 0 Å². The minimum absolute atomic E-state index is 0.443. The molecule has 1 aromatic heterocycles. The van der Waals surface area contributed by atoms with Crippen LogP contribution in [-0.2, 0) is 12.8 Å². The predicted octanol–water partition coefficient (Wildman–Crippen LogP) is 1.64. The van der Waals surface area contributed by atoms with E-state index in [1.165, 1.54) is 5.56 Å². The molecule has 1 aromatic rings. The van der Waals surface area contributed by atoms with Crippen LogP contribution < -0.4 is 0 Å². The summed E-state index contributed by atoms with van der Waals surface area (Å²) in [6.07, 6.45) is 5.73. The fraction of sp³-hybridized carbons (Fsp3) is 0.667. The molecule has 0 radical (unpaired) electrons. The topological polar surface area (TPSA) is 36.4 Å². The average molecular weight is 246 g/mol. The van der Waals surface area contributed by atoms with Gasteiger partial charge in [0.25, 0.3) is 0 Å². The van der Waals surface area contributed by atoms with Crippen LogP contribution in [0.5, 0.6) is 0 Å². The number of hydrogen-bond donors (Lipinski definition) is 1. The van der Waals surface area contributed by atoms with E-state index in [1.54, 1.807) is 0 Å². The Morgan fingerprint density at radius 1 is 1.44 bits per heavy atom. The van der Waals surface area contributed by atoms with Crippen molar-refractivity contribution in [1.29, 1.82) is 0 Å². The van der Waals surface area contributed by atoms with Gasteiger partial charge in [0.2, 0.25) is 0 Å². The summed E-state index contributed by atoms with van der Waals surface area (Å²) in [5, 5.41) is 10.9. The van der Waals surface area contributed by atoms with Crippen LogP contribution in [0.2, 0.25) is 0 Å². The molecule has 3 unspecified atom stereocenters. The Kier molecular flexibility index (Phi) is 3.12. The van der Waals surface area contributed by atoms with Gasteiger partial charge in [0.15, 0.2) is 0 Å². The minimum atomic E-state index is -0.520. The number of aryl methyl sites for hydroxylation is 1. The van der Waals surface area contributed by atoms with Gasteiger partial charge in [-0.05, 0) is 37.4 Å². The van der Waals surface area contributed by atoms with E-state index in [2.05, 4.69) is 28.9 Å². The summed E-state index contributed by atoms with van der Waals surface area (Å²) in [5.74, 6) is 0.443. The van der Waals surface area contributed by atoms with E-state index in [0.29, 0.717) is 5.92 Å². The first-order valence-corrected chi connectivity index (χ1v) is 7.08. The van der Waals surface area contributed by atoms with Crippen LogP contribution in [0.4, 0.5) is 0 Å². The molecule has 3 atom stereocenters. The highest BCUT2D eigenvalue weighted by molar-refractivity contribution is 5.16. The largest absolute Gasteiger partial charge is 0.389 e. The van der Waals surface area contributed by atoms with Crippen molar-refractivity contribution < 1.29 is 5.11 Å². The molecule has 0 saturated carbocycles. The maximum atomic E-state index is 10.9. The normalized spacial score (nSPS) is 34.8. The molecule has 0 aromatic carbocycles. The van der Waals surface area contributed by atoms with Crippen molar-refractivity contribution in [2.45, 2.75) is 38.2 Å². The molecular formula is C15H22N2O. The van der Waals surface area contributed by atoms with Crippen LogP contribution in [0.25, 0.3) is 0 Å². The molecule has 18 heavy (non-hydrogen) atoms. The Labute approximate surface area is 109 Å². The second kappa shape index (κ2) is 4.63. The molecular weight excluding hydrogens is 224 g/mol. The molecule has 0 aliphatic carbocycles. The molecule has 3 heteroatoms. The van der Waals surface area contributed by atoms with Crippen LogP contribution >= 0.6 is 0 Å². The van der Waals surface area contributed by atoms with Crippen molar-refractivity contribution in [1.82, 2.24) is 9.88 Å². The van der Waals surface area contributed by atoms with Gasteiger partial charge in [-0.1, -0.05) is 13.0 Å². The number of hydrogen-bond acceptors (Lipinski definition) is 3. The third kappa shape index (κ3) is 2.17. The maximum absolute atomic E-state index is 10.9. The van der Waals surface area contributed by atoms with E-state index in [4.69, 9.17) is 0 Å². The van der Waals surface area contributed by atoms with Gasteiger partial charge in [0.1, 0.15) is 0 Å². The zero-order chi connectivity index (χ0) is 12.6. The lowest BCUT2D eigenvalue weighted by atomic mass is 9.79. The Balaban J connectivity index is 1.74. The summed E-state index contributed by atoms with van der Waals surface area (Å²) in [7, 11) is 0. The predicted molar refractivity (Wildman–Crippen MR) is 71.4 cm³/mol. The van der Waals surface area contributed by atoms with Crippen molar-refractivity contribution >= 4 is 0 Å². The minimum Gasteiger partial charge on any atom is -0.389 e. The highest BCUT2D eigenvalue weighted by atomic mass is 16.3. The fourth-order valence-corrected chi connectivity index (χ4v) is 3.35. The van der Waals surface area contributed by atoms with Gasteiger partial charge < -0.3 is 10.0 Å². The Bertz CT molecular complexity index is 417. The molecule has 2 saturated heterocycles. The molecule has 0 spiro atoms. The number of nitrogens with zero attached hydrogens (tertiary/aromatic N) is 2. The molecule has 2 fully saturated rings. The average Bonchev–Trinajstić information content (AvgIpc) is 2.81. The smallest absolute Gasteiger partial charge is 0.0755 e. The second-order valence-corrected chi connectivity index (χ2v) is 5.83. The van der Waals surface area contributed by atoms with Gasteiger partial charge in [-0.2, -0.15) is 0 Å². The van der Waals surface area contributed by atoms with Gasteiger partial charge >= 0.3 is 0 Å². The Hall–Kier alpha value is -0.930. The van der Waals surface area contributed by atoms with Gasteiger partial charge in [-0.25, -0.2) is 0 Å². The number of aromatic nitrogens is 1. The number of rotatable bonds is 3. The van der Waals surface area contributed by atoms with Crippen molar-refractivity contribution in [3.8, 4) is 0 Å². The highest BCUT2D eigenvalue weighted by Gasteiger charge is 2.44. The molecule has 0 amide bonds. The molecule has 2 bridgehead atoms. The standard InChI is InChI=1S/C15H22N2O/c1-2-12-3-4-14(16-10-12)9-15(18)6-8-17-7-5-13(15)11-17/h3-4,10,13,18H,2,5-9,11H2,1H3. The molecule has 98 valence electrons. The lowest BCUT2D eigenvalue weighted by Crippen LogP contribution is -2.48. The quantitative estimate of drug-likeness (QED) is 0.881. The van der Waals surface area contributed by atoms with Crippen LogP contribution in [0.15, 0.2) is 18.3 Å².